The number of aliphatic hydroxyl groups is 1. The lowest BCUT2D eigenvalue weighted by Gasteiger charge is -2.27. The molecule has 0 bridgehead atoms. The van der Waals surface area contributed by atoms with Crippen molar-refractivity contribution in [2.75, 3.05) is 7.05 Å². The SMILES string of the molecule is CC(c1ccccn1)N(C)C(=O)C(O)Cc1ccccc1Cl. The molecule has 1 N–H and O–H groups in total. The number of carbonyl (C=O) groups is 1. The summed E-state index contributed by atoms with van der Waals surface area (Å²) in [4.78, 5) is 18.1. The van der Waals surface area contributed by atoms with Gasteiger partial charge in [0, 0.05) is 24.7 Å². The first-order chi connectivity index (χ1) is 10.5. The Kier molecular flexibility index (Phi) is 5.52. The molecule has 0 fully saturated rings. The van der Waals surface area contributed by atoms with Crippen molar-refractivity contribution in [1.82, 2.24) is 9.88 Å². The fraction of sp³-hybridized carbons (Fsp3) is 0.294. The van der Waals surface area contributed by atoms with Gasteiger partial charge in [-0.2, -0.15) is 0 Å². The molecule has 22 heavy (non-hydrogen) atoms. The van der Waals surface area contributed by atoms with Gasteiger partial charge in [-0.15, -0.1) is 0 Å². The molecule has 2 rings (SSSR count). The minimum absolute atomic E-state index is 0.192. The predicted octanol–water partition coefficient (Wildman–Crippen LogP) is 2.86. The highest BCUT2D eigenvalue weighted by atomic mass is 35.5. The fourth-order valence-corrected chi connectivity index (χ4v) is 2.42. The highest BCUT2D eigenvalue weighted by Crippen LogP contribution is 2.20. The highest BCUT2D eigenvalue weighted by Gasteiger charge is 2.25. The molecule has 0 spiro atoms. The second-order valence-corrected chi connectivity index (χ2v) is 5.60. The number of halogens is 1. The second kappa shape index (κ2) is 7.38. The first kappa shape index (κ1) is 16.5. The number of amides is 1. The normalized spacial score (nSPS) is 13.5. The lowest BCUT2D eigenvalue weighted by molar-refractivity contribution is -0.140. The number of hydrogen-bond acceptors (Lipinski definition) is 3. The number of pyridine rings is 1. The lowest BCUT2D eigenvalue weighted by Crippen LogP contribution is -2.39. The molecule has 0 aliphatic carbocycles. The van der Waals surface area contributed by atoms with E-state index in [9.17, 15) is 9.90 Å². The zero-order chi connectivity index (χ0) is 16.1. The zero-order valence-electron chi connectivity index (χ0n) is 12.6. The molecule has 1 aromatic heterocycles. The predicted molar refractivity (Wildman–Crippen MR) is 86.6 cm³/mol. The Morgan fingerprint density at radius 3 is 2.59 bits per heavy atom. The monoisotopic (exact) mass is 318 g/mol. The first-order valence-corrected chi connectivity index (χ1v) is 7.47. The van der Waals surface area contributed by atoms with Crippen LogP contribution in [0.1, 0.15) is 24.2 Å². The smallest absolute Gasteiger partial charge is 0.252 e. The molecule has 116 valence electrons. The van der Waals surface area contributed by atoms with Crippen molar-refractivity contribution in [3.8, 4) is 0 Å². The summed E-state index contributed by atoms with van der Waals surface area (Å²) in [5.74, 6) is -0.349. The van der Waals surface area contributed by atoms with E-state index in [-0.39, 0.29) is 18.4 Å². The average Bonchev–Trinajstić information content (AvgIpc) is 2.55. The van der Waals surface area contributed by atoms with Gasteiger partial charge in [0.05, 0.1) is 11.7 Å². The Labute approximate surface area is 135 Å². The maximum atomic E-state index is 12.4. The van der Waals surface area contributed by atoms with Gasteiger partial charge in [0.15, 0.2) is 0 Å². The van der Waals surface area contributed by atoms with Gasteiger partial charge in [0.2, 0.25) is 0 Å². The van der Waals surface area contributed by atoms with Gasteiger partial charge < -0.3 is 10.0 Å². The number of aromatic nitrogens is 1. The summed E-state index contributed by atoms with van der Waals surface area (Å²) >= 11 is 6.07. The zero-order valence-corrected chi connectivity index (χ0v) is 13.4. The van der Waals surface area contributed by atoms with Crippen LogP contribution in [0.2, 0.25) is 5.02 Å². The number of carbonyl (C=O) groups excluding carboxylic acids is 1. The van der Waals surface area contributed by atoms with E-state index in [1.807, 2.05) is 37.3 Å². The number of aliphatic hydroxyl groups excluding tert-OH is 1. The number of rotatable bonds is 5. The largest absolute Gasteiger partial charge is 0.383 e. The Morgan fingerprint density at radius 1 is 1.27 bits per heavy atom. The summed E-state index contributed by atoms with van der Waals surface area (Å²) in [5, 5.41) is 10.7. The molecule has 0 aliphatic rings. The van der Waals surface area contributed by atoms with Crippen LogP contribution in [0.15, 0.2) is 48.7 Å². The van der Waals surface area contributed by atoms with E-state index in [1.54, 1.807) is 25.4 Å². The summed E-state index contributed by atoms with van der Waals surface area (Å²) in [5.41, 5.74) is 1.53. The lowest BCUT2D eigenvalue weighted by atomic mass is 10.1. The summed E-state index contributed by atoms with van der Waals surface area (Å²) in [6.45, 7) is 1.88. The molecule has 2 aromatic rings. The van der Waals surface area contributed by atoms with Crippen molar-refractivity contribution in [3.63, 3.8) is 0 Å². The number of likely N-dealkylation sites (N-methyl/N-ethyl adjacent to an activating group) is 1. The van der Waals surface area contributed by atoms with E-state index < -0.39 is 6.10 Å². The van der Waals surface area contributed by atoms with E-state index in [0.29, 0.717) is 5.02 Å². The van der Waals surface area contributed by atoms with Crippen LogP contribution < -0.4 is 0 Å². The van der Waals surface area contributed by atoms with Crippen molar-refractivity contribution in [2.45, 2.75) is 25.5 Å². The molecular weight excluding hydrogens is 300 g/mol. The van der Waals surface area contributed by atoms with E-state index in [4.69, 9.17) is 11.6 Å². The van der Waals surface area contributed by atoms with Crippen LogP contribution in [-0.2, 0) is 11.2 Å². The Hall–Kier alpha value is -1.91. The third kappa shape index (κ3) is 3.84. The van der Waals surface area contributed by atoms with Crippen LogP contribution in [0.5, 0.6) is 0 Å². The quantitative estimate of drug-likeness (QED) is 0.922. The first-order valence-electron chi connectivity index (χ1n) is 7.09. The van der Waals surface area contributed by atoms with Gasteiger partial charge in [-0.3, -0.25) is 9.78 Å². The molecule has 5 heteroatoms. The minimum atomic E-state index is -1.13. The fourth-order valence-electron chi connectivity index (χ4n) is 2.21. The molecule has 0 saturated carbocycles. The second-order valence-electron chi connectivity index (χ2n) is 5.19. The van der Waals surface area contributed by atoms with Crippen molar-refractivity contribution in [2.24, 2.45) is 0 Å². The molecule has 2 atom stereocenters. The van der Waals surface area contributed by atoms with Crippen molar-refractivity contribution in [3.05, 3.63) is 64.9 Å². The third-order valence-electron chi connectivity index (χ3n) is 3.70. The standard InChI is InChI=1S/C17H19ClN2O2/c1-12(15-9-5-6-10-19-15)20(2)17(22)16(21)11-13-7-3-4-8-14(13)18/h3-10,12,16,21H,11H2,1-2H3. The van der Waals surface area contributed by atoms with Crippen LogP contribution >= 0.6 is 11.6 Å². The molecule has 0 aliphatic heterocycles. The molecule has 2 unspecified atom stereocenters. The van der Waals surface area contributed by atoms with Gasteiger partial charge in [0.25, 0.3) is 5.91 Å². The summed E-state index contributed by atoms with van der Waals surface area (Å²) in [7, 11) is 1.66. The van der Waals surface area contributed by atoms with Gasteiger partial charge in [0.1, 0.15) is 6.10 Å². The summed E-state index contributed by atoms with van der Waals surface area (Å²) in [6, 6.07) is 12.5. The maximum absolute atomic E-state index is 12.4. The average molecular weight is 319 g/mol. The van der Waals surface area contributed by atoms with Crippen LogP contribution in [0, 0.1) is 0 Å². The number of hydrogen-bond donors (Lipinski definition) is 1. The highest BCUT2D eigenvalue weighted by molar-refractivity contribution is 6.31. The molecule has 0 saturated heterocycles. The number of nitrogens with zero attached hydrogens (tertiary/aromatic N) is 2. The summed E-state index contributed by atoms with van der Waals surface area (Å²) < 4.78 is 0. The molecule has 1 heterocycles. The van der Waals surface area contributed by atoms with Crippen molar-refractivity contribution < 1.29 is 9.90 Å². The van der Waals surface area contributed by atoms with Crippen LogP contribution in [0.4, 0.5) is 0 Å². The molecule has 1 amide bonds. The summed E-state index contributed by atoms with van der Waals surface area (Å²) in [6.07, 6.45) is 0.748. The van der Waals surface area contributed by atoms with Crippen LogP contribution in [0.3, 0.4) is 0 Å². The van der Waals surface area contributed by atoms with E-state index >= 15 is 0 Å². The van der Waals surface area contributed by atoms with Gasteiger partial charge >= 0.3 is 0 Å². The molecular formula is C17H19ClN2O2. The van der Waals surface area contributed by atoms with E-state index in [1.165, 1.54) is 4.90 Å². The molecule has 0 radical (unpaired) electrons. The topological polar surface area (TPSA) is 53.4 Å². The van der Waals surface area contributed by atoms with Crippen LogP contribution in [0.25, 0.3) is 0 Å². The van der Waals surface area contributed by atoms with E-state index in [0.717, 1.165) is 11.3 Å². The van der Waals surface area contributed by atoms with Gasteiger partial charge in [-0.05, 0) is 30.7 Å². The van der Waals surface area contributed by atoms with E-state index in [2.05, 4.69) is 4.98 Å². The van der Waals surface area contributed by atoms with Gasteiger partial charge in [-0.25, -0.2) is 0 Å². The van der Waals surface area contributed by atoms with Gasteiger partial charge in [-0.1, -0.05) is 35.9 Å². The van der Waals surface area contributed by atoms with Crippen LogP contribution in [-0.4, -0.2) is 34.0 Å². The molecule has 1 aromatic carbocycles. The minimum Gasteiger partial charge on any atom is -0.383 e. The van der Waals surface area contributed by atoms with Crippen molar-refractivity contribution >= 4 is 17.5 Å². The Morgan fingerprint density at radius 2 is 1.95 bits per heavy atom. The third-order valence-corrected chi connectivity index (χ3v) is 4.07. The Bertz CT molecular complexity index is 634. The Balaban J connectivity index is 2.05. The number of benzene rings is 1. The van der Waals surface area contributed by atoms with Crippen molar-refractivity contribution in [1.29, 1.82) is 0 Å². The maximum Gasteiger partial charge on any atom is 0.252 e. The molecule has 4 nitrogen and oxygen atoms in total.